The van der Waals surface area contributed by atoms with Crippen molar-refractivity contribution in [1.82, 2.24) is 9.21 Å². The Hall–Kier alpha value is -1.94. The third-order valence-corrected chi connectivity index (χ3v) is 8.26. The summed E-state index contributed by atoms with van der Waals surface area (Å²) in [6.45, 7) is 3.02. The summed E-state index contributed by atoms with van der Waals surface area (Å²) in [7, 11) is -0.745. The first-order valence-electron chi connectivity index (χ1n) is 9.69. The molecule has 168 valence electrons. The highest BCUT2D eigenvalue weighted by molar-refractivity contribution is 8.00. The Morgan fingerprint density at radius 2 is 1.61 bits per heavy atom. The van der Waals surface area contributed by atoms with Crippen LogP contribution in [0.3, 0.4) is 0 Å². The van der Waals surface area contributed by atoms with Gasteiger partial charge in [0.05, 0.1) is 24.4 Å². The van der Waals surface area contributed by atoms with Crippen LogP contribution in [0.15, 0.2) is 52.3 Å². The van der Waals surface area contributed by atoms with Crippen LogP contribution >= 0.6 is 23.4 Å². The van der Waals surface area contributed by atoms with E-state index in [0.29, 0.717) is 29.6 Å². The highest BCUT2D eigenvalue weighted by Crippen LogP contribution is 2.31. The SMILES string of the molecule is COc1ccc(S(=O)(=O)N2CCN(C(=O)C(C)Sc3ccc(Cl)cc3)CC2)cc1OC. The maximum absolute atomic E-state index is 13.0. The van der Waals surface area contributed by atoms with Crippen molar-refractivity contribution in [2.24, 2.45) is 0 Å². The number of hydrogen-bond donors (Lipinski definition) is 0. The lowest BCUT2D eigenvalue weighted by Crippen LogP contribution is -2.52. The molecule has 1 amide bonds. The molecule has 1 unspecified atom stereocenters. The zero-order chi connectivity index (χ0) is 22.6. The lowest BCUT2D eigenvalue weighted by molar-refractivity contribution is -0.131. The molecule has 0 saturated carbocycles. The van der Waals surface area contributed by atoms with Gasteiger partial charge in [0, 0.05) is 42.2 Å². The summed E-state index contributed by atoms with van der Waals surface area (Å²) in [6.07, 6.45) is 0. The van der Waals surface area contributed by atoms with Crippen LogP contribution in [0.25, 0.3) is 0 Å². The van der Waals surface area contributed by atoms with Crippen molar-refractivity contribution in [3.8, 4) is 11.5 Å². The zero-order valence-electron chi connectivity index (χ0n) is 17.6. The van der Waals surface area contributed by atoms with Gasteiger partial charge in [0.1, 0.15) is 0 Å². The predicted molar refractivity (Wildman–Crippen MR) is 122 cm³/mol. The van der Waals surface area contributed by atoms with Gasteiger partial charge in [-0.3, -0.25) is 4.79 Å². The summed E-state index contributed by atoms with van der Waals surface area (Å²) in [4.78, 5) is 15.6. The molecule has 1 heterocycles. The number of hydrogen-bond acceptors (Lipinski definition) is 6. The van der Waals surface area contributed by atoms with E-state index in [0.717, 1.165) is 4.90 Å². The first kappa shape index (κ1) is 23.7. The lowest BCUT2D eigenvalue weighted by atomic mass is 10.3. The summed E-state index contributed by atoms with van der Waals surface area (Å²) in [6, 6.07) is 11.9. The van der Waals surface area contributed by atoms with Crippen molar-refractivity contribution in [2.45, 2.75) is 22.0 Å². The molecule has 1 fully saturated rings. The highest BCUT2D eigenvalue weighted by atomic mass is 35.5. The molecular formula is C21H25ClN2O5S2. The first-order valence-corrected chi connectivity index (χ1v) is 12.4. The number of amides is 1. The Labute approximate surface area is 192 Å². The molecule has 7 nitrogen and oxygen atoms in total. The van der Waals surface area contributed by atoms with Crippen LogP contribution < -0.4 is 9.47 Å². The summed E-state index contributed by atoms with van der Waals surface area (Å²) in [5, 5.41) is 0.366. The quantitative estimate of drug-likeness (QED) is 0.561. The number of carbonyl (C=O) groups is 1. The molecule has 1 aliphatic heterocycles. The Balaban J connectivity index is 1.62. The van der Waals surface area contributed by atoms with Gasteiger partial charge in [0.15, 0.2) is 11.5 Å². The van der Waals surface area contributed by atoms with Gasteiger partial charge >= 0.3 is 0 Å². The number of nitrogens with zero attached hydrogens (tertiary/aromatic N) is 2. The largest absolute Gasteiger partial charge is 0.493 e. The summed E-state index contributed by atoms with van der Waals surface area (Å²) in [5.74, 6) is 0.803. The average molecular weight is 485 g/mol. The number of carbonyl (C=O) groups excluding carboxylic acids is 1. The molecule has 1 aliphatic rings. The van der Waals surface area contributed by atoms with Crippen LogP contribution in [0.5, 0.6) is 11.5 Å². The van der Waals surface area contributed by atoms with Crippen molar-refractivity contribution in [1.29, 1.82) is 0 Å². The van der Waals surface area contributed by atoms with Gasteiger partial charge in [0.2, 0.25) is 15.9 Å². The van der Waals surface area contributed by atoms with Crippen molar-refractivity contribution in [3.63, 3.8) is 0 Å². The molecule has 31 heavy (non-hydrogen) atoms. The van der Waals surface area contributed by atoms with Crippen LogP contribution in [0.2, 0.25) is 5.02 Å². The Kier molecular flexibility index (Phi) is 7.74. The van der Waals surface area contributed by atoms with Crippen LogP contribution in [0, 0.1) is 0 Å². The molecule has 2 aromatic carbocycles. The Bertz CT molecular complexity index is 1020. The smallest absolute Gasteiger partial charge is 0.243 e. The number of halogens is 1. The second-order valence-electron chi connectivity index (χ2n) is 6.96. The second-order valence-corrected chi connectivity index (χ2v) is 10.7. The summed E-state index contributed by atoms with van der Waals surface area (Å²) >= 11 is 7.37. The molecule has 0 aliphatic carbocycles. The topological polar surface area (TPSA) is 76.2 Å². The average Bonchev–Trinajstić information content (AvgIpc) is 2.79. The number of benzene rings is 2. The van der Waals surface area contributed by atoms with Crippen LogP contribution in [0.4, 0.5) is 0 Å². The van der Waals surface area contributed by atoms with E-state index in [2.05, 4.69) is 0 Å². The van der Waals surface area contributed by atoms with Gasteiger partial charge in [-0.15, -0.1) is 11.8 Å². The van der Waals surface area contributed by atoms with Gasteiger partial charge in [-0.05, 0) is 43.3 Å². The van der Waals surface area contributed by atoms with Gasteiger partial charge < -0.3 is 14.4 Å². The number of thioether (sulfide) groups is 1. The number of ether oxygens (including phenoxy) is 2. The van der Waals surface area contributed by atoms with E-state index in [1.165, 1.54) is 42.4 Å². The Morgan fingerprint density at radius 3 is 2.19 bits per heavy atom. The van der Waals surface area contributed by atoms with Crippen LogP contribution in [-0.2, 0) is 14.8 Å². The van der Waals surface area contributed by atoms with Gasteiger partial charge in [-0.25, -0.2) is 8.42 Å². The highest BCUT2D eigenvalue weighted by Gasteiger charge is 2.32. The Morgan fingerprint density at radius 1 is 1.00 bits per heavy atom. The van der Waals surface area contributed by atoms with E-state index in [9.17, 15) is 13.2 Å². The van der Waals surface area contributed by atoms with Crippen molar-refractivity contribution in [2.75, 3.05) is 40.4 Å². The second kappa shape index (κ2) is 10.1. The van der Waals surface area contributed by atoms with Crippen molar-refractivity contribution >= 4 is 39.3 Å². The molecule has 2 aromatic rings. The van der Waals surface area contributed by atoms with Gasteiger partial charge in [0.25, 0.3) is 0 Å². The van der Waals surface area contributed by atoms with E-state index in [4.69, 9.17) is 21.1 Å². The standard InChI is InChI=1S/C21H25ClN2O5S2/c1-15(30-17-6-4-16(22)5-7-17)21(25)23-10-12-24(13-11-23)31(26,27)18-8-9-19(28-2)20(14-18)29-3/h4-9,14-15H,10-13H2,1-3H3. The molecule has 0 bridgehead atoms. The minimum atomic E-state index is -3.70. The molecule has 3 rings (SSSR count). The number of methoxy groups -OCH3 is 2. The number of piperazine rings is 1. The van der Waals surface area contributed by atoms with E-state index in [1.807, 2.05) is 19.1 Å². The number of sulfonamides is 1. The van der Waals surface area contributed by atoms with E-state index in [-0.39, 0.29) is 29.1 Å². The third kappa shape index (κ3) is 5.46. The lowest BCUT2D eigenvalue weighted by Gasteiger charge is -2.35. The minimum Gasteiger partial charge on any atom is -0.493 e. The van der Waals surface area contributed by atoms with Crippen LogP contribution in [-0.4, -0.2) is 69.2 Å². The molecule has 0 spiro atoms. The molecule has 0 radical (unpaired) electrons. The predicted octanol–water partition coefficient (Wildman–Crippen LogP) is 3.37. The molecule has 1 atom stereocenters. The van der Waals surface area contributed by atoms with Crippen molar-refractivity contribution in [3.05, 3.63) is 47.5 Å². The molecular weight excluding hydrogens is 460 g/mol. The fourth-order valence-electron chi connectivity index (χ4n) is 3.30. The molecule has 0 N–H and O–H groups in total. The van der Waals surface area contributed by atoms with Crippen molar-refractivity contribution < 1.29 is 22.7 Å². The number of rotatable bonds is 7. The monoisotopic (exact) mass is 484 g/mol. The van der Waals surface area contributed by atoms with Gasteiger partial charge in [-0.1, -0.05) is 11.6 Å². The molecule has 10 heteroatoms. The molecule has 1 saturated heterocycles. The van der Waals surface area contributed by atoms with E-state index >= 15 is 0 Å². The van der Waals surface area contributed by atoms with E-state index in [1.54, 1.807) is 23.1 Å². The normalized spacial score (nSPS) is 16.1. The van der Waals surface area contributed by atoms with Crippen LogP contribution in [0.1, 0.15) is 6.92 Å². The fourth-order valence-corrected chi connectivity index (χ4v) is 5.82. The minimum absolute atomic E-state index is 0.0110. The molecule has 0 aromatic heterocycles. The third-order valence-electron chi connectivity index (χ3n) is 5.02. The summed E-state index contributed by atoms with van der Waals surface area (Å²) in [5.41, 5.74) is 0. The maximum atomic E-state index is 13.0. The fraction of sp³-hybridized carbons (Fsp3) is 0.381. The zero-order valence-corrected chi connectivity index (χ0v) is 20.0. The maximum Gasteiger partial charge on any atom is 0.243 e. The summed E-state index contributed by atoms with van der Waals surface area (Å²) < 4.78 is 37.9. The first-order chi connectivity index (χ1) is 14.8. The van der Waals surface area contributed by atoms with E-state index < -0.39 is 10.0 Å². The van der Waals surface area contributed by atoms with Gasteiger partial charge in [-0.2, -0.15) is 4.31 Å².